The van der Waals surface area contributed by atoms with E-state index in [9.17, 15) is 4.79 Å². The molecule has 0 saturated heterocycles. The largest absolute Gasteiger partial charge is 0.320 e. The molecule has 6 heteroatoms. The van der Waals surface area contributed by atoms with Crippen LogP contribution in [-0.2, 0) is 11.2 Å². The molecule has 0 radical (unpaired) electrons. The molecule has 1 aromatic heterocycles. The Balaban J connectivity index is 0.00000180. The van der Waals surface area contributed by atoms with Crippen LogP contribution in [0.1, 0.15) is 44.7 Å². The molecule has 19 heavy (non-hydrogen) atoms. The van der Waals surface area contributed by atoms with E-state index in [1.807, 2.05) is 6.07 Å². The lowest BCUT2D eigenvalue weighted by atomic mass is 9.86. The molecule has 0 spiro atoms. The molecular formula is C13H23ClN4O. The van der Waals surface area contributed by atoms with E-state index < -0.39 is 6.04 Å². The smallest absolute Gasteiger partial charge is 0.242 e. The van der Waals surface area contributed by atoms with Gasteiger partial charge in [-0.05, 0) is 19.3 Å². The molecule has 1 heterocycles. The second kappa shape index (κ2) is 7.50. The number of nitrogens with one attached hydrogen (secondary N) is 2. The van der Waals surface area contributed by atoms with Gasteiger partial charge >= 0.3 is 0 Å². The standard InChI is InChI=1S/C13H22N4O.ClH/c1-9(14)13(18)15-12-8-11(16-17-12)7-10-5-3-2-4-6-10;/h8-10H,2-7,14H2,1H3,(H2,15,16,17,18);1H. The average Bonchev–Trinajstić information content (AvgIpc) is 2.77. The van der Waals surface area contributed by atoms with Crippen LogP contribution in [0.25, 0.3) is 0 Å². The van der Waals surface area contributed by atoms with Crippen LogP contribution in [0.5, 0.6) is 0 Å². The van der Waals surface area contributed by atoms with Crippen LogP contribution in [0, 0.1) is 5.92 Å². The number of hydrogen-bond acceptors (Lipinski definition) is 3. The summed E-state index contributed by atoms with van der Waals surface area (Å²) in [6.07, 6.45) is 7.69. The number of amides is 1. The quantitative estimate of drug-likeness (QED) is 0.794. The highest BCUT2D eigenvalue weighted by molar-refractivity contribution is 5.93. The highest BCUT2D eigenvalue weighted by Gasteiger charge is 2.16. The van der Waals surface area contributed by atoms with E-state index in [-0.39, 0.29) is 18.3 Å². The first kappa shape index (κ1) is 16.0. The number of nitrogens with zero attached hydrogens (tertiary/aromatic N) is 1. The molecule has 1 aromatic rings. The number of hydrogen-bond donors (Lipinski definition) is 3. The third kappa shape index (κ3) is 4.84. The zero-order valence-corrected chi connectivity index (χ0v) is 12.1. The van der Waals surface area contributed by atoms with Gasteiger partial charge in [-0.1, -0.05) is 32.1 Å². The minimum atomic E-state index is -0.511. The molecule has 1 fully saturated rings. The van der Waals surface area contributed by atoms with Crippen LogP contribution >= 0.6 is 12.4 Å². The molecule has 1 aliphatic rings. The van der Waals surface area contributed by atoms with Crippen molar-refractivity contribution in [2.75, 3.05) is 5.32 Å². The fourth-order valence-corrected chi connectivity index (χ4v) is 2.47. The van der Waals surface area contributed by atoms with Crippen LogP contribution in [0.2, 0.25) is 0 Å². The fraction of sp³-hybridized carbons (Fsp3) is 0.692. The molecule has 0 aromatic carbocycles. The van der Waals surface area contributed by atoms with Gasteiger partial charge in [-0.15, -0.1) is 12.4 Å². The summed E-state index contributed by atoms with van der Waals surface area (Å²) in [7, 11) is 0. The first-order chi connectivity index (χ1) is 8.65. The highest BCUT2D eigenvalue weighted by Crippen LogP contribution is 2.26. The zero-order chi connectivity index (χ0) is 13.0. The predicted molar refractivity (Wildman–Crippen MR) is 78.4 cm³/mol. The van der Waals surface area contributed by atoms with Crippen molar-refractivity contribution in [2.45, 2.75) is 51.5 Å². The molecular weight excluding hydrogens is 264 g/mol. The minimum Gasteiger partial charge on any atom is -0.320 e. The molecule has 0 aliphatic heterocycles. The second-order valence-electron chi connectivity index (χ2n) is 5.26. The third-order valence-corrected chi connectivity index (χ3v) is 3.53. The van der Waals surface area contributed by atoms with E-state index in [4.69, 9.17) is 5.73 Å². The molecule has 2 rings (SSSR count). The van der Waals surface area contributed by atoms with E-state index >= 15 is 0 Å². The number of carbonyl (C=O) groups excluding carboxylic acids is 1. The van der Waals surface area contributed by atoms with Gasteiger partial charge in [0.1, 0.15) is 0 Å². The van der Waals surface area contributed by atoms with Gasteiger partial charge in [-0.3, -0.25) is 9.89 Å². The van der Waals surface area contributed by atoms with Gasteiger partial charge in [0.05, 0.1) is 6.04 Å². The maximum Gasteiger partial charge on any atom is 0.242 e. The second-order valence-corrected chi connectivity index (χ2v) is 5.26. The summed E-state index contributed by atoms with van der Waals surface area (Å²) in [6.45, 7) is 1.66. The number of H-pyrrole nitrogens is 1. The lowest BCUT2D eigenvalue weighted by Gasteiger charge is -2.20. The molecule has 1 amide bonds. The topological polar surface area (TPSA) is 83.8 Å². The molecule has 1 saturated carbocycles. The van der Waals surface area contributed by atoms with Crippen molar-refractivity contribution in [3.05, 3.63) is 11.8 Å². The highest BCUT2D eigenvalue weighted by atomic mass is 35.5. The van der Waals surface area contributed by atoms with Gasteiger partial charge in [0.15, 0.2) is 5.82 Å². The van der Waals surface area contributed by atoms with E-state index in [1.54, 1.807) is 6.92 Å². The van der Waals surface area contributed by atoms with Crippen molar-refractivity contribution in [1.29, 1.82) is 0 Å². The lowest BCUT2D eigenvalue weighted by Crippen LogP contribution is -2.32. The number of rotatable bonds is 4. The van der Waals surface area contributed by atoms with Gasteiger partial charge < -0.3 is 11.1 Å². The summed E-state index contributed by atoms with van der Waals surface area (Å²) < 4.78 is 0. The van der Waals surface area contributed by atoms with Crippen LogP contribution in [0.4, 0.5) is 5.82 Å². The number of halogens is 1. The van der Waals surface area contributed by atoms with Crippen LogP contribution in [0.3, 0.4) is 0 Å². The third-order valence-electron chi connectivity index (χ3n) is 3.53. The monoisotopic (exact) mass is 286 g/mol. The van der Waals surface area contributed by atoms with Gasteiger partial charge in [-0.25, -0.2) is 0 Å². The zero-order valence-electron chi connectivity index (χ0n) is 11.3. The molecule has 108 valence electrons. The van der Waals surface area contributed by atoms with Gasteiger partial charge in [0, 0.05) is 11.8 Å². The van der Waals surface area contributed by atoms with Crippen molar-refractivity contribution >= 4 is 24.1 Å². The molecule has 0 bridgehead atoms. The fourth-order valence-electron chi connectivity index (χ4n) is 2.47. The van der Waals surface area contributed by atoms with Gasteiger partial charge in [0.2, 0.25) is 5.91 Å². The maximum absolute atomic E-state index is 11.4. The maximum atomic E-state index is 11.4. The summed E-state index contributed by atoms with van der Waals surface area (Å²) in [6, 6.07) is 1.40. The summed E-state index contributed by atoms with van der Waals surface area (Å²) >= 11 is 0. The van der Waals surface area contributed by atoms with Crippen molar-refractivity contribution in [2.24, 2.45) is 11.7 Å². The first-order valence-electron chi connectivity index (χ1n) is 6.76. The van der Waals surface area contributed by atoms with E-state index in [2.05, 4.69) is 15.5 Å². The minimum absolute atomic E-state index is 0. The van der Waals surface area contributed by atoms with Crippen LogP contribution < -0.4 is 11.1 Å². The molecule has 1 unspecified atom stereocenters. The molecule has 4 N–H and O–H groups in total. The number of aromatic amines is 1. The van der Waals surface area contributed by atoms with E-state index in [0.29, 0.717) is 5.82 Å². The van der Waals surface area contributed by atoms with E-state index in [1.165, 1.54) is 32.1 Å². The van der Waals surface area contributed by atoms with Gasteiger partial charge in [-0.2, -0.15) is 5.10 Å². The predicted octanol–water partition coefficient (Wildman–Crippen LogP) is 2.24. The molecule has 1 atom stereocenters. The van der Waals surface area contributed by atoms with Crippen LogP contribution in [-0.4, -0.2) is 22.1 Å². The van der Waals surface area contributed by atoms with Crippen molar-refractivity contribution < 1.29 is 4.79 Å². The Kier molecular flexibility index (Phi) is 6.31. The number of nitrogens with two attached hydrogens (primary N) is 1. The molecule has 1 aliphatic carbocycles. The normalized spacial score (nSPS) is 17.6. The Hall–Kier alpha value is -1.07. The summed E-state index contributed by atoms with van der Waals surface area (Å²) in [4.78, 5) is 11.4. The Morgan fingerprint density at radius 3 is 2.84 bits per heavy atom. The Morgan fingerprint density at radius 1 is 1.53 bits per heavy atom. The Labute approximate surface area is 120 Å². The number of anilines is 1. The average molecular weight is 287 g/mol. The van der Waals surface area contributed by atoms with E-state index in [0.717, 1.165) is 18.0 Å². The summed E-state index contributed by atoms with van der Waals surface area (Å²) in [5.41, 5.74) is 6.59. The van der Waals surface area contributed by atoms with Crippen molar-refractivity contribution in [3.8, 4) is 0 Å². The van der Waals surface area contributed by atoms with Crippen LogP contribution in [0.15, 0.2) is 6.07 Å². The Bertz CT molecular complexity index is 399. The lowest BCUT2D eigenvalue weighted by molar-refractivity contribution is -0.117. The summed E-state index contributed by atoms with van der Waals surface area (Å²) in [5, 5.41) is 9.78. The van der Waals surface area contributed by atoms with Gasteiger partial charge in [0.25, 0.3) is 0 Å². The van der Waals surface area contributed by atoms with Crippen molar-refractivity contribution in [1.82, 2.24) is 10.2 Å². The SMILES string of the molecule is CC(N)C(=O)Nc1cc(CC2CCCCC2)[nH]n1.Cl. The number of aromatic nitrogens is 2. The van der Waals surface area contributed by atoms with Crippen molar-refractivity contribution in [3.63, 3.8) is 0 Å². The first-order valence-corrected chi connectivity index (χ1v) is 6.76. The Morgan fingerprint density at radius 2 is 2.21 bits per heavy atom. The molecule has 5 nitrogen and oxygen atoms in total. The number of carbonyl (C=O) groups is 1. The summed E-state index contributed by atoms with van der Waals surface area (Å²) in [5.74, 6) is 1.13.